The van der Waals surface area contributed by atoms with Crippen LogP contribution < -0.4 is 9.47 Å². The number of rotatable bonds is 4. The number of hydrogen-bond acceptors (Lipinski definition) is 5. The van der Waals surface area contributed by atoms with Gasteiger partial charge in [-0.3, -0.25) is 4.79 Å². The lowest BCUT2D eigenvalue weighted by Gasteiger charge is -2.34. The van der Waals surface area contributed by atoms with E-state index in [0.717, 1.165) is 24.2 Å². The van der Waals surface area contributed by atoms with Crippen molar-refractivity contribution in [2.75, 3.05) is 19.9 Å². The van der Waals surface area contributed by atoms with E-state index >= 15 is 0 Å². The SMILES string of the molecule is Cn1ccnc1C(O)C1CCN(C(=O)Cc2ccc3c(c2)OCO3)CC1. The van der Waals surface area contributed by atoms with Crippen LogP contribution in [0.1, 0.15) is 30.3 Å². The van der Waals surface area contributed by atoms with E-state index in [1.165, 1.54) is 0 Å². The molecule has 1 aromatic carbocycles. The molecule has 1 amide bonds. The highest BCUT2D eigenvalue weighted by atomic mass is 16.7. The quantitative estimate of drug-likeness (QED) is 0.901. The number of piperidine rings is 1. The molecule has 1 N–H and O–H groups in total. The van der Waals surface area contributed by atoms with Gasteiger partial charge in [0, 0.05) is 32.5 Å². The van der Waals surface area contributed by atoms with E-state index in [2.05, 4.69) is 4.98 Å². The van der Waals surface area contributed by atoms with Crippen LogP contribution in [-0.2, 0) is 18.3 Å². The van der Waals surface area contributed by atoms with E-state index in [4.69, 9.17) is 9.47 Å². The van der Waals surface area contributed by atoms with Crippen molar-refractivity contribution in [2.45, 2.75) is 25.4 Å². The van der Waals surface area contributed by atoms with Gasteiger partial charge < -0.3 is 24.0 Å². The van der Waals surface area contributed by atoms with Crippen LogP contribution in [-0.4, -0.2) is 45.3 Å². The zero-order chi connectivity index (χ0) is 18.1. The predicted molar refractivity (Wildman–Crippen MR) is 93.7 cm³/mol. The number of nitrogens with zero attached hydrogens (tertiary/aromatic N) is 3. The summed E-state index contributed by atoms with van der Waals surface area (Å²) in [5, 5.41) is 10.6. The number of hydrogen-bond donors (Lipinski definition) is 1. The smallest absolute Gasteiger partial charge is 0.231 e. The van der Waals surface area contributed by atoms with Gasteiger partial charge in [0.15, 0.2) is 11.5 Å². The Morgan fingerprint density at radius 3 is 2.81 bits per heavy atom. The number of aliphatic hydroxyl groups excluding tert-OH is 1. The molecule has 4 rings (SSSR count). The second-order valence-corrected chi connectivity index (χ2v) is 6.92. The number of fused-ring (bicyclic) bond motifs is 1. The van der Waals surface area contributed by atoms with Gasteiger partial charge in [-0.25, -0.2) is 4.98 Å². The van der Waals surface area contributed by atoms with E-state index in [0.29, 0.717) is 31.1 Å². The summed E-state index contributed by atoms with van der Waals surface area (Å²) in [6, 6.07) is 5.63. The Hall–Kier alpha value is -2.54. The third-order valence-electron chi connectivity index (χ3n) is 5.25. The van der Waals surface area contributed by atoms with Crippen LogP contribution in [0, 0.1) is 5.92 Å². The van der Waals surface area contributed by atoms with Crippen molar-refractivity contribution in [3.8, 4) is 11.5 Å². The maximum Gasteiger partial charge on any atom is 0.231 e. The number of carbonyl (C=O) groups is 1. The molecule has 1 fully saturated rings. The summed E-state index contributed by atoms with van der Waals surface area (Å²) in [7, 11) is 1.88. The fourth-order valence-electron chi connectivity index (χ4n) is 3.67. The van der Waals surface area contributed by atoms with Crippen molar-refractivity contribution in [3.05, 3.63) is 42.0 Å². The highest BCUT2D eigenvalue weighted by molar-refractivity contribution is 5.79. The van der Waals surface area contributed by atoms with Gasteiger partial charge in [0.2, 0.25) is 12.7 Å². The van der Waals surface area contributed by atoms with Crippen LogP contribution in [0.4, 0.5) is 0 Å². The third kappa shape index (κ3) is 3.26. The topological polar surface area (TPSA) is 76.8 Å². The summed E-state index contributed by atoms with van der Waals surface area (Å²) in [5.74, 6) is 2.35. The Bertz CT molecular complexity index is 796. The number of aliphatic hydroxyl groups is 1. The van der Waals surface area contributed by atoms with Crippen molar-refractivity contribution in [3.63, 3.8) is 0 Å². The van der Waals surface area contributed by atoms with Crippen LogP contribution in [0.3, 0.4) is 0 Å². The molecule has 1 saturated heterocycles. The molecule has 1 unspecified atom stereocenters. The van der Waals surface area contributed by atoms with E-state index < -0.39 is 6.10 Å². The van der Waals surface area contributed by atoms with Crippen molar-refractivity contribution < 1.29 is 19.4 Å². The maximum atomic E-state index is 12.6. The average Bonchev–Trinajstić information content (AvgIpc) is 3.29. The summed E-state index contributed by atoms with van der Waals surface area (Å²) < 4.78 is 12.5. The molecule has 1 atom stereocenters. The first-order valence-electron chi connectivity index (χ1n) is 8.93. The van der Waals surface area contributed by atoms with E-state index in [1.807, 2.05) is 40.9 Å². The average molecular weight is 357 g/mol. The number of imidazole rings is 1. The minimum atomic E-state index is -0.582. The number of carbonyl (C=O) groups excluding carboxylic acids is 1. The van der Waals surface area contributed by atoms with Gasteiger partial charge in [0.25, 0.3) is 0 Å². The zero-order valence-corrected chi connectivity index (χ0v) is 14.8. The molecule has 0 aliphatic carbocycles. The number of amides is 1. The summed E-state index contributed by atoms with van der Waals surface area (Å²) >= 11 is 0. The standard InChI is InChI=1S/C19H23N3O4/c1-21-9-6-20-19(21)18(24)14-4-7-22(8-5-14)17(23)11-13-2-3-15-16(10-13)26-12-25-15/h2-3,6,9-10,14,18,24H,4-5,7-8,11-12H2,1H3. The molecule has 26 heavy (non-hydrogen) atoms. The van der Waals surface area contributed by atoms with Gasteiger partial charge >= 0.3 is 0 Å². The summed E-state index contributed by atoms with van der Waals surface area (Å²) in [6.45, 7) is 1.56. The molecule has 2 aromatic rings. The first kappa shape index (κ1) is 16.9. The molecule has 2 aliphatic heterocycles. The minimum absolute atomic E-state index is 0.105. The molecule has 0 spiro atoms. The summed E-state index contributed by atoms with van der Waals surface area (Å²) in [6.07, 6.45) is 4.86. The second-order valence-electron chi connectivity index (χ2n) is 6.92. The molecular formula is C19H23N3O4. The Balaban J connectivity index is 1.33. The van der Waals surface area contributed by atoms with Gasteiger partial charge in [-0.1, -0.05) is 6.07 Å². The molecule has 2 aliphatic rings. The van der Waals surface area contributed by atoms with Crippen LogP contribution in [0.2, 0.25) is 0 Å². The molecular weight excluding hydrogens is 334 g/mol. The molecule has 1 aromatic heterocycles. The fraction of sp³-hybridized carbons (Fsp3) is 0.474. The number of likely N-dealkylation sites (tertiary alicyclic amines) is 1. The highest BCUT2D eigenvalue weighted by Crippen LogP contribution is 2.33. The first-order valence-corrected chi connectivity index (χ1v) is 8.93. The number of ether oxygens (including phenoxy) is 2. The van der Waals surface area contributed by atoms with Gasteiger partial charge in [0.05, 0.1) is 6.42 Å². The van der Waals surface area contributed by atoms with Crippen molar-refractivity contribution >= 4 is 5.91 Å². The molecule has 7 nitrogen and oxygen atoms in total. The number of aryl methyl sites for hydroxylation is 1. The van der Waals surface area contributed by atoms with Gasteiger partial charge in [-0.2, -0.15) is 0 Å². The fourth-order valence-corrected chi connectivity index (χ4v) is 3.67. The lowest BCUT2D eigenvalue weighted by atomic mass is 9.90. The van der Waals surface area contributed by atoms with Crippen LogP contribution in [0.15, 0.2) is 30.6 Å². The molecule has 3 heterocycles. The largest absolute Gasteiger partial charge is 0.454 e. The zero-order valence-electron chi connectivity index (χ0n) is 14.8. The second kappa shape index (κ2) is 6.99. The predicted octanol–water partition coefficient (Wildman–Crippen LogP) is 1.66. The Labute approximate surface area is 152 Å². The Kier molecular flexibility index (Phi) is 4.55. The van der Waals surface area contributed by atoms with Crippen LogP contribution in [0.5, 0.6) is 11.5 Å². The summed E-state index contributed by atoms with van der Waals surface area (Å²) in [5.41, 5.74) is 0.925. The van der Waals surface area contributed by atoms with Crippen LogP contribution in [0.25, 0.3) is 0 Å². The summed E-state index contributed by atoms with van der Waals surface area (Å²) in [4.78, 5) is 18.7. The van der Waals surface area contributed by atoms with E-state index in [-0.39, 0.29) is 18.6 Å². The Morgan fingerprint density at radius 1 is 1.31 bits per heavy atom. The van der Waals surface area contributed by atoms with E-state index in [9.17, 15) is 9.90 Å². The number of benzene rings is 1. The normalized spacial score (nSPS) is 18.2. The molecule has 0 saturated carbocycles. The van der Waals surface area contributed by atoms with Crippen molar-refractivity contribution in [1.82, 2.24) is 14.5 Å². The lowest BCUT2D eigenvalue weighted by Crippen LogP contribution is -2.40. The third-order valence-corrected chi connectivity index (χ3v) is 5.25. The lowest BCUT2D eigenvalue weighted by molar-refractivity contribution is -0.132. The maximum absolute atomic E-state index is 12.6. The van der Waals surface area contributed by atoms with Crippen LogP contribution >= 0.6 is 0 Å². The highest BCUT2D eigenvalue weighted by Gasteiger charge is 2.30. The molecule has 0 radical (unpaired) electrons. The number of aromatic nitrogens is 2. The Morgan fingerprint density at radius 2 is 2.08 bits per heavy atom. The molecule has 138 valence electrons. The van der Waals surface area contributed by atoms with Crippen molar-refractivity contribution in [1.29, 1.82) is 0 Å². The molecule has 0 bridgehead atoms. The van der Waals surface area contributed by atoms with E-state index in [1.54, 1.807) is 6.20 Å². The monoisotopic (exact) mass is 357 g/mol. The first-order chi connectivity index (χ1) is 12.6. The molecule has 7 heteroatoms. The van der Waals surface area contributed by atoms with Gasteiger partial charge in [-0.15, -0.1) is 0 Å². The van der Waals surface area contributed by atoms with Crippen molar-refractivity contribution in [2.24, 2.45) is 13.0 Å². The minimum Gasteiger partial charge on any atom is -0.454 e. The van der Waals surface area contributed by atoms with Gasteiger partial charge in [-0.05, 0) is 36.5 Å². The van der Waals surface area contributed by atoms with Gasteiger partial charge in [0.1, 0.15) is 11.9 Å².